The molecule has 1 fully saturated rings. The molecule has 0 aromatic heterocycles. The number of nitrogens with two attached hydrogens (primary N) is 1. The SMILES string of the molecule is NCC1CCC(C(=O)N(CCO)CCO)CC1. The molecule has 0 heterocycles. The third kappa shape index (κ3) is 4.26. The van der Waals surface area contributed by atoms with Crippen molar-refractivity contribution in [3.8, 4) is 0 Å². The molecule has 0 radical (unpaired) electrons. The summed E-state index contributed by atoms with van der Waals surface area (Å²) in [6.07, 6.45) is 3.79. The fraction of sp³-hybridized carbons (Fsp3) is 0.917. The first-order chi connectivity index (χ1) is 8.22. The lowest BCUT2D eigenvalue weighted by Gasteiger charge is -2.31. The molecule has 0 aromatic carbocycles. The lowest BCUT2D eigenvalue weighted by Crippen LogP contribution is -2.41. The van der Waals surface area contributed by atoms with Crippen molar-refractivity contribution in [2.45, 2.75) is 25.7 Å². The highest BCUT2D eigenvalue weighted by molar-refractivity contribution is 5.78. The molecule has 0 spiro atoms. The van der Waals surface area contributed by atoms with Crippen molar-refractivity contribution in [2.75, 3.05) is 32.8 Å². The van der Waals surface area contributed by atoms with E-state index < -0.39 is 0 Å². The monoisotopic (exact) mass is 244 g/mol. The normalized spacial score (nSPS) is 24.6. The molecule has 0 atom stereocenters. The van der Waals surface area contributed by atoms with Crippen molar-refractivity contribution in [3.63, 3.8) is 0 Å². The van der Waals surface area contributed by atoms with Crippen molar-refractivity contribution in [1.82, 2.24) is 4.90 Å². The van der Waals surface area contributed by atoms with Crippen molar-refractivity contribution >= 4 is 5.91 Å². The minimum atomic E-state index is -0.0517. The number of nitrogens with zero attached hydrogens (tertiary/aromatic N) is 1. The minimum Gasteiger partial charge on any atom is -0.395 e. The van der Waals surface area contributed by atoms with Gasteiger partial charge in [0.1, 0.15) is 0 Å². The smallest absolute Gasteiger partial charge is 0.225 e. The quantitative estimate of drug-likeness (QED) is 0.591. The highest BCUT2D eigenvalue weighted by Crippen LogP contribution is 2.29. The summed E-state index contributed by atoms with van der Waals surface area (Å²) in [5, 5.41) is 17.8. The molecule has 0 bridgehead atoms. The van der Waals surface area contributed by atoms with Gasteiger partial charge in [0.15, 0.2) is 0 Å². The second-order valence-electron chi connectivity index (χ2n) is 4.73. The Morgan fingerprint density at radius 1 is 1.12 bits per heavy atom. The van der Waals surface area contributed by atoms with E-state index in [0.717, 1.165) is 25.7 Å². The van der Waals surface area contributed by atoms with Gasteiger partial charge in [0.2, 0.25) is 5.91 Å². The van der Waals surface area contributed by atoms with E-state index in [1.165, 1.54) is 0 Å². The summed E-state index contributed by atoms with van der Waals surface area (Å²) in [6, 6.07) is 0. The standard InChI is InChI=1S/C12H24N2O3/c13-9-10-1-3-11(4-2-10)12(17)14(5-7-15)6-8-16/h10-11,15-16H,1-9,13H2. The van der Waals surface area contributed by atoms with Crippen LogP contribution in [-0.4, -0.2) is 53.9 Å². The second kappa shape index (κ2) is 7.63. The zero-order valence-electron chi connectivity index (χ0n) is 10.3. The lowest BCUT2D eigenvalue weighted by atomic mass is 9.81. The van der Waals surface area contributed by atoms with Crippen LogP contribution in [0, 0.1) is 11.8 Å². The topological polar surface area (TPSA) is 86.8 Å². The van der Waals surface area contributed by atoms with Crippen LogP contribution in [0.4, 0.5) is 0 Å². The van der Waals surface area contributed by atoms with Gasteiger partial charge in [0, 0.05) is 19.0 Å². The number of rotatable bonds is 6. The largest absolute Gasteiger partial charge is 0.395 e. The Kier molecular flexibility index (Phi) is 6.47. The van der Waals surface area contributed by atoms with Crippen LogP contribution >= 0.6 is 0 Å². The van der Waals surface area contributed by atoms with Crippen molar-refractivity contribution in [1.29, 1.82) is 0 Å². The van der Waals surface area contributed by atoms with Gasteiger partial charge in [0.05, 0.1) is 13.2 Å². The molecule has 1 aliphatic carbocycles. The van der Waals surface area contributed by atoms with Gasteiger partial charge in [-0.3, -0.25) is 4.79 Å². The van der Waals surface area contributed by atoms with Crippen LogP contribution in [0.5, 0.6) is 0 Å². The molecule has 1 rings (SSSR count). The molecule has 0 aromatic rings. The fourth-order valence-corrected chi connectivity index (χ4v) is 2.48. The first kappa shape index (κ1) is 14.4. The van der Waals surface area contributed by atoms with Crippen LogP contribution in [0.25, 0.3) is 0 Å². The fourth-order valence-electron chi connectivity index (χ4n) is 2.48. The highest BCUT2D eigenvalue weighted by Gasteiger charge is 2.28. The minimum absolute atomic E-state index is 0.0517. The molecular formula is C12H24N2O3. The van der Waals surface area contributed by atoms with E-state index in [4.69, 9.17) is 15.9 Å². The maximum absolute atomic E-state index is 12.1. The van der Waals surface area contributed by atoms with Gasteiger partial charge in [-0.1, -0.05) is 0 Å². The van der Waals surface area contributed by atoms with E-state index in [9.17, 15) is 4.79 Å². The summed E-state index contributed by atoms with van der Waals surface area (Å²) >= 11 is 0. The van der Waals surface area contributed by atoms with Crippen LogP contribution in [0.1, 0.15) is 25.7 Å². The zero-order valence-corrected chi connectivity index (χ0v) is 10.3. The molecule has 0 unspecified atom stereocenters. The molecule has 0 aliphatic heterocycles. The summed E-state index contributed by atoms with van der Waals surface area (Å²) in [6.45, 7) is 1.23. The summed E-state index contributed by atoms with van der Waals surface area (Å²) < 4.78 is 0. The number of amides is 1. The third-order valence-corrected chi connectivity index (χ3v) is 3.58. The van der Waals surface area contributed by atoms with Gasteiger partial charge in [0.25, 0.3) is 0 Å². The number of hydrogen-bond donors (Lipinski definition) is 3. The summed E-state index contributed by atoms with van der Waals surface area (Å²) in [5.41, 5.74) is 5.62. The molecule has 1 aliphatic rings. The van der Waals surface area contributed by atoms with Crippen LogP contribution < -0.4 is 5.73 Å². The van der Waals surface area contributed by atoms with Gasteiger partial charge < -0.3 is 20.8 Å². The van der Waals surface area contributed by atoms with Crippen molar-refractivity contribution in [2.24, 2.45) is 17.6 Å². The molecule has 17 heavy (non-hydrogen) atoms. The average molecular weight is 244 g/mol. The van der Waals surface area contributed by atoms with E-state index in [2.05, 4.69) is 0 Å². The molecule has 5 heteroatoms. The first-order valence-electron chi connectivity index (χ1n) is 6.43. The van der Waals surface area contributed by atoms with E-state index in [0.29, 0.717) is 25.6 Å². The molecule has 4 N–H and O–H groups in total. The number of aliphatic hydroxyl groups is 2. The second-order valence-corrected chi connectivity index (χ2v) is 4.73. The van der Waals surface area contributed by atoms with Crippen molar-refractivity contribution < 1.29 is 15.0 Å². The lowest BCUT2D eigenvalue weighted by molar-refractivity contribution is -0.137. The van der Waals surface area contributed by atoms with Crippen LogP contribution in [0.3, 0.4) is 0 Å². The van der Waals surface area contributed by atoms with E-state index in [-0.39, 0.29) is 25.0 Å². The number of carbonyl (C=O) groups excluding carboxylic acids is 1. The van der Waals surface area contributed by atoms with Gasteiger partial charge in [-0.15, -0.1) is 0 Å². The molecular weight excluding hydrogens is 220 g/mol. The summed E-state index contributed by atoms with van der Waals surface area (Å²) in [4.78, 5) is 13.7. The van der Waals surface area contributed by atoms with E-state index in [1.54, 1.807) is 4.90 Å². The third-order valence-electron chi connectivity index (χ3n) is 3.58. The zero-order chi connectivity index (χ0) is 12.7. The van der Waals surface area contributed by atoms with E-state index in [1.807, 2.05) is 0 Å². The van der Waals surface area contributed by atoms with E-state index >= 15 is 0 Å². The molecule has 1 amide bonds. The Bertz CT molecular complexity index is 222. The number of aliphatic hydroxyl groups excluding tert-OH is 2. The van der Waals surface area contributed by atoms with Crippen LogP contribution in [-0.2, 0) is 4.79 Å². The molecule has 5 nitrogen and oxygen atoms in total. The maximum atomic E-state index is 12.1. The predicted molar refractivity (Wildman–Crippen MR) is 65.3 cm³/mol. The Morgan fingerprint density at radius 3 is 2.06 bits per heavy atom. The van der Waals surface area contributed by atoms with Gasteiger partial charge in [-0.2, -0.15) is 0 Å². The Balaban J connectivity index is 2.45. The highest BCUT2D eigenvalue weighted by atomic mass is 16.3. The molecule has 100 valence electrons. The van der Waals surface area contributed by atoms with Crippen molar-refractivity contribution in [3.05, 3.63) is 0 Å². The molecule has 0 saturated heterocycles. The number of hydrogen-bond acceptors (Lipinski definition) is 4. The van der Waals surface area contributed by atoms with Gasteiger partial charge in [-0.05, 0) is 38.1 Å². The predicted octanol–water partition coefficient (Wildman–Crippen LogP) is -0.435. The summed E-state index contributed by atoms with van der Waals surface area (Å²) in [5.74, 6) is 0.683. The molecule has 1 saturated carbocycles. The van der Waals surface area contributed by atoms with Gasteiger partial charge in [-0.25, -0.2) is 0 Å². The maximum Gasteiger partial charge on any atom is 0.225 e. The Morgan fingerprint density at radius 2 is 1.65 bits per heavy atom. The summed E-state index contributed by atoms with van der Waals surface area (Å²) in [7, 11) is 0. The Hall–Kier alpha value is -0.650. The average Bonchev–Trinajstić information content (AvgIpc) is 2.38. The number of carbonyl (C=O) groups is 1. The first-order valence-corrected chi connectivity index (χ1v) is 6.43. The Labute approximate surface area is 103 Å². The van der Waals surface area contributed by atoms with Crippen LogP contribution in [0.2, 0.25) is 0 Å². The van der Waals surface area contributed by atoms with Crippen LogP contribution in [0.15, 0.2) is 0 Å². The van der Waals surface area contributed by atoms with Gasteiger partial charge >= 0.3 is 0 Å².